The Morgan fingerprint density at radius 2 is 2.35 bits per heavy atom. The van der Waals surface area contributed by atoms with Crippen molar-refractivity contribution in [3.63, 3.8) is 0 Å². The van der Waals surface area contributed by atoms with E-state index in [0.717, 1.165) is 19.6 Å². The van der Waals surface area contributed by atoms with Crippen LogP contribution < -0.4 is 5.73 Å². The molecule has 1 aromatic carbocycles. The highest BCUT2D eigenvalue weighted by Gasteiger charge is 2.22. The first kappa shape index (κ1) is 12.4. The third kappa shape index (κ3) is 3.45. The monoisotopic (exact) mass is 234 g/mol. The summed E-state index contributed by atoms with van der Waals surface area (Å²) in [5.41, 5.74) is 7.16. The molecule has 1 aliphatic rings. The van der Waals surface area contributed by atoms with Gasteiger partial charge in [0.25, 0.3) is 0 Å². The number of phenols is 1. The second-order valence-corrected chi connectivity index (χ2v) is 5.17. The van der Waals surface area contributed by atoms with Crippen LogP contribution in [0.2, 0.25) is 0 Å². The van der Waals surface area contributed by atoms with E-state index in [2.05, 4.69) is 17.9 Å². The Balaban J connectivity index is 1.94. The van der Waals surface area contributed by atoms with Gasteiger partial charge in [-0.3, -0.25) is 4.90 Å². The van der Waals surface area contributed by atoms with E-state index < -0.39 is 0 Å². The van der Waals surface area contributed by atoms with E-state index in [4.69, 9.17) is 5.73 Å². The van der Waals surface area contributed by atoms with Crippen molar-refractivity contribution in [2.24, 2.45) is 11.7 Å². The topological polar surface area (TPSA) is 49.5 Å². The summed E-state index contributed by atoms with van der Waals surface area (Å²) >= 11 is 0. The Morgan fingerprint density at radius 3 is 3.06 bits per heavy atom. The average Bonchev–Trinajstić information content (AvgIpc) is 2.29. The Hall–Kier alpha value is -1.06. The molecule has 2 rings (SSSR count). The minimum Gasteiger partial charge on any atom is -0.508 e. The lowest BCUT2D eigenvalue weighted by molar-refractivity contribution is 0.154. The van der Waals surface area contributed by atoms with Gasteiger partial charge in [-0.15, -0.1) is 0 Å². The van der Waals surface area contributed by atoms with Crippen molar-refractivity contribution in [3.05, 3.63) is 29.8 Å². The van der Waals surface area contributed by atoms with E-state index in [-0.39, 0.29) is 6.04 Å². The number of aromatic hydroxyl groups is 1. The van der Waals surface area contributed by atoms with Crippen LogP contribution in [0.25, 0.3) is 0 Å². The maximum atomic E-state index is 9.44. The predicted molar refractivity (Wildman–Crippen MR) is 69.8 cm³/mol. The van der Waals surface area contributed by atoms with Gasteiger partial charge in [0.05, 0.1) is 0 Å². The lowest BCUT2D eigenvalue weighted by Crippen LogP contribution is -2.41. The van der Waals surface area contributed by atoms with E-state index in [1.54, 1.807) is 6.07 Å². The largest absolute Gasteiger partial charge is 0.508 e. The Labute approximate surface area is 103 Å². The summed E-state index contributed by atoms with van der Waals surface area (Å²) in [6.45, 7) is 5.23. The number of hydrogen-bond acceptors (Lipinski definition) is 3. The first-order valence-electron chi connectivity index (χ1n) is 6.41. The summed E-state index contributed by atoms with van der Waals surface area (Å²) in [5, 5.41) is 9.44. The fourth-order valence-corrected chi connectivity index (χ4v) is 2.58. The van der Waals surface area contributed by atoms with Gasteiger partial charge in [0.2, 0.25) is 0 Å². The number of hydrogen-bond donors (Lipinski definition) is 2. The van der Waals surface area contributed by atoms with Crippen LogP contribution in [0, 0.1) is 5.92 Å². The van der Waals surface area contributed by atoms with Gasteiger partial charge in [-0.2, -0.15) is 0 Å². The van der Waals surface area contributed by atoms with Crippen LogP contribution in [0.4, 0.5) is 0 Å². The molecule has 94 valence electrons. The molecule has 0 radical (unpaired) electrons. The number of nitrogens with zero attached hydrogens (tertiary/aromatic N) is 1. The van der Waals surface area contributed by atoms with Crippen LogP contribution in [-0.4, -0.2) is 29.1 Å². The molecule has 1 fully saturated rings. The van der Waals surface area contributed by atoms with Crippen molar-refractivity contribution in [1.82, 2.24) is 4.90 Å². The van der Waals surface area contributed by atoms with Crippen LogP contribution in [0.3, 0.4) is 0 Å². The number of benzene rings is 1. The zero-order chi connectivity index (χ0) is 12.3. The lowest BCUT2D eigenvalue weighted by Gasteiger charge is -2.34. The van der Waals surface area contributed by atoms with Crippen LogP contribution in [0.1, 0.15) is 25.3 Å². The molecule has 1 aliphatic heterocycles. The van der Waals surface area contributed by atoms with E-state index in [1.165, 1.54) is 18.4 Å². The molecule has 0 aliphatic carbocycles. The minimum absolute atomic E-state index is 0.280. The van der Waals surface area contributed by atoms with Crippen LogP contribution >= 0.6 is 0 Å². The molecule has 3 nitrogen and oxygen atoms in total. The van der Waals surface area contributed by atoms with Gasteiger partial charge in [0.1, 0.15) is 5.75 Å². The van der Waals surface area contributed by atoms with Crippen molar-refractivity contribution >= 4 is 0 Å². The lowest BCUT2D eigenvalue weighted by atomic mass is 9.92. The maximum Gasteiger partial charge on any atom is 0.115 e. The zero-order valence-corrected chi connectivity index (χ0v) is 10.5. The van der Waals surface area contributed by atoms with E-state index in [0.29, 0.717) is 11.7 Å². The first-order valence-corrected chi connectivity index (χ1v) is 6.41. The van der Waals surface area contributed by atoms with Gasteiger partial charge >= 0.3 is 0 Å². The molecule has 2 atom stereocenters. The highest BCUT2D eigenvalue weighted by atomic mass is 16.3. The summed E-state index contributed by atoms with van der Waals surface area (Å²) in [7, 11) is 0. The van der Waals surface area contributed by atoms with Crippen molar-refractivity contribution in [3.8, 4) is 5.75 Å². The molecule has 3 heteroatoms. The van der Waals surface area contributed by atoms with Gasteiger partial charge < -0.3 is 10.8 Å². The molecule has 0 bridgehead atoms. The SMILES string of the molecule is CC(N)C1CCCN(Cc2cccc(O)c2)C1. The molecule has 1 saturated heterocycles. The second kappa shape index (κ2) is 5.52. The van der Waals surface area contributed by atoms with Gasteiger partial charge in [0.15, 0.2) is 0 Å². The summed E-state index contributed by atoms with van der Waals surface area (Å²) < 4.78 is 0. The van der Waals surface area contributed by atoms with Gasteiger partial charge in [-0.1, -0.05) is 12.1 Å². The Morgan fingerprint density at radius 1 is 1.53 bits per heavy atom. The summed E-state index contributed by atoms with van der Waals surface area (Å²) in [6.07, 6.45) is 2.47. The van der Waals surface area contributed by atoms with Crippen molar-refractivity contribution in [2.75, 3.05) is 13.1 Å². The predicted octanol–water partition coefficient (Wildman–Crippen LogP) is 1.95. The molecular formula is C14H22N2O. The molecule has 1 heterocycles. The molecule has 1 aromatic rings. The third-order valence-corrected chi connectivity index (χ3v) is 3.60. The molecule has 0 saturated carbocycles. The van der Waals surface area contributed by atoms with Crippen LogP contribution in [0.15, 0.2) is 24.3 Å². The van der Waals surface area contributed by atoms with Gasteiger partial charge in [-0.05, 0) is 49.9 Å². The number of rotatable bonds is 3. The number of likely N-dealkylation sites (tertiary alicyclic amines) is 1. The molecule has 17 heavy (non-hydrogen) atoms. The summed E-state index contributed by atoms with van der Waals surface area (Å²) in [4.78, 5) is 2.44. The maximum absolute atomic E-state index is 9.44. The van der Waals surface area contributed by atoms with E-state index in [1.807, 2.05) is 12.1 Å². The Bertz CT molecular complexity index is 365. The molecule has 0 spiro atoms. The van der Waals surface area contributed by atoms with Crippen molar-refractivity contribution in [1.29, 1.82) is 0 Å². The quantitative estimate of drug-likeness (QED) is 0.840. The normalized spacial score (nSPS) is 23.5. The minimum atomic E-state index is 0.280. The number of phenolic OH excluding ortho intramolecular Hbond substituents is 1. The molecule has 3 N–H and O–H groups in total. The van der Waals surface area contributed by atoms with Crippen LogP contribution in [0.5, 0.6) is 5.75 Å². The number of piperidine rings is 1. The van der Waals surface area contributed by atoms with Crippen molar-refractivity contribution in [2.45, 2.75) is 32.4 Å². The fourth-order valence-electron chi connectivity index (χ4n) is 2.58. The molecular weight excluding hydrogens is 212 g/mol. The standard InChI is InChI=1S/C14H22N2O/c1-11(15)13-5-3-7-16(10-13)9-12-4-2-6-14(17)8-12/h2,4,6,8,11,13,17H,3,5,7,9-10,15H2,1H3. The fraction of sp³-hybridized carbons (Fsp3) is 0.571. The number of nitrogens with two attached hydrogens (primary N) is 1. The van der Waals surface area contributed by atoms with Crippen LogP contribution in [-0.2, 0) is 6.54 Å². The van der Waals surface area contributed by atoms with Gasteiger partial charge in [-0.25, -0.2) is 0 Å². The van der Waals surface area contributed by atoms with E-state index in [9.17, 15) is 5.11 Å². The molecule has 0 aromatic heterocycles. The average molecular weight is 234 g/mol. The second-order valence-electron chi connectivity index (χ2n) is 5.17. The van der Waals surface area contributed by atoms with Gasteiger partial charge in [0, 0.05) is 19.1 Å². The van der Waals surface area contributed by atoms with E-state index >= 15 is 0 Å². The smallest absolute Gasteiger partial charge is 0.115 e. The zero-order valence-electron chi connectivity index (χ0n) is 10.5. The molecule has 2 unspecified atom stereocenters. The highest BCUT2D eigenvalue weighted by molar-refractivity contribution is 5.27. The Kier molecular flexibility index (Phi) is 4.02. The molecule has 0 amide bonds. The summed E-state index contributed by atoms with van der Waals surface area (Å²) in [5.74, 6) is 0.962. The summed E-state index contributed by atoms with van der Waals surface area (Å²) in [6, 6.07) is 7.80. The first-order chi connectivity index (χ1) is 8.15. The highest BCUT2D eigenvalue weighted by Crippen LogP contribution is 2.21. The van der Waals surface area contributed by atoms with Crippen molar-refractivity contribution < 1.29 is 5.11 Å². The third-order valence-electron chi connectivity index (χ3n) is 3.60.